The van der Waals surface area contributed by atoms with Gasteiger partial charge >= 0.3 is 0 Å². The minimum absolute atomic E-state index is 0.172. The molecule has 6 aromatic rings. The lowest BCUT2D eigenvalue weighted by atomic mass is 9.83. The molecule has 0 fully saturated rings. The van der Waals surface area contributed by atoms with Gasteiger partial charge in [0.2, 0.25) is 5.88 Å². The number of hydrogen-bond acceptors (Lipinski definition) is 6. The largest absolute Gasteiger partial charge is 0.497 e. The molecule has 0 unspecified atom stereocenters. The number of nitrogens with zero attached hydrogens (tertiary/aromatic N) is 4. The molecule has 0 saturated carbocycles. The van der Waals surface area contributed by atoms with Crippen molar-refractivity contribution >= 4 is 28.0 Å². The van der Waals surface area contributed by atoms with Gasteiger partial charge in [-0.05, 0) is 47.3 Å². The van der Waals surface area contributed by atoms with E-state index in [9.17, 15) is 0 Å². The number of halogens is 1. The third-order valence-electron chi connectivity index (χ3n) is 6.77. The molecular formula is C30H21ClN4O3. The maximum atomic E-state index is 6.48. The molecule has 0 saturated heterocycles. The van der Waals surface area contributed by atoms with Crippen LogP contribution in [0.5, 0.6) is 23.1 Å². The summed E-state index contributed by atoms with van der Waals surface area (Å²) in [5.41, 5.74) is 3.64. The summed E-state index contributed by atoms with van der Waals surface area (Å²) >= 11 is 5.99. The molecule has 0 aliphatic carbocycles. The number of aromatic nitrogens is 4. The lowest BCUT2D eigenvalue weighted by Crippen LogP contribution is -2.15. The number of rotatable bonds is 5. The van der Waals surface area contributed by atoms with Gasteiger partial charge in [0.25, 0.3) is 0 Å². The van der Waals surface area contributed by atoms with Gasteiger partial charge in [0.05, 0.1) is 12.7 Å². The first kappa shape index (κ1) is 22.6. The van der Waals surface area contributed by atoms with E-state index >= 15 is 0 Å². The first-order chi connectivity index (χ1) is 18.7. The maximum Gasteiger partial charge on any atom is 0.228 e. The highest BCUT2D eigenvalue weighted by Crippen LogP contribution is 2.50. The monoisotopic (exact) mass is 520 g/mol. The van der Waals surface area contributed by atoms with E-state index < -0.39 is 0 Å². The van der Waals surface area contributed by atoms with E-state index in [2.05, 4.69) is 46.5 Å². The Kier molecular flexibility index (Phi) is 5.37. The molecule has 38 heavy (non-hydrogen) atoms. The summed E-state index contributed by atoms with van der Waals surface area (Å²) in [4.78, 5) is 9.52. The van der Waals surface area contributed by atoms with Crippen LogP contribution in [-0.2, 0) is 6.61 Å². The average molecular weight is 521 g/mol. The normalized spacial score (nSPS) is 14.1. The summed E-state index contributed by atoms with van der Waals surface area (Å²) in [5, 5.41) is 7.42. The van der Waals surface area contributed by atoms with Gasteiger partial charge in [-0.1, -0.05) is 60.1 Å². The molecule has 0 spiro atoms. The third kappa shape index (κ3) is 3.79. The fourth-order valence-corrected chi connectivity index (χ4v) is 5.10. The molecule has 0 radical (unpaired) electrons. The summed E-state index contributed by atoms with van der Waals surface area (Å²) in [6.07, 6.45) is 1.63. The smallest absolute Gasteiger partial charge is 0.228 e. The lowest BCUT2D eigenvalue weighted by molar-refractivity contribution is 0.296. The third-order valence-corrected chi connectivity index (χ3v) is 7.02. The second-order valence-electron chi connectivity index (χ2n) is 9.02. The fourth-order valence-electron chi connectivity index (χ4n) is 4.97. The fraction of sp³-hybridized carbons (Fsp3) is 0.100. The van der Waals surface area contributed by atoms with Crippen molar-refractivity contribution in [2.75, 3.05) is 7.11 Å². The summed E-state index contributed by atoms with van der Waals surface area (Å²) in [6, 6.07) is 27.7. The SMILES string of the molecule is COc1ccc([C@@H]2c3ccc4ccccc4c3Oc3ncn4nc(COc5ccc(Cl)cc5)nc4c32)cc1. The van der Waals surface area contributed by atoms with Crippen molar-refractivity contribution in [3.8, 4) is 23.1 Å². The van der Waals surface area contributed by atoms with E-state index in [-0.39, 0.29) is 12.5 Å². The Labute approximate surface area is 223 Å². The van der Waals surface area contributed by atoms with Crippen LogP contribution in [0.4, 0.5) is 0 Å². The van der Waals surface area contributed by atoms with Gasteiger partial charge < -0.3 is 14.2 Å². The first-order valence-corrected chi connectivity index (χ1v) is 12.5. The first-order valence-electron chi connectivity index (χ1n) is 12.1. The molecule has 0 N–H and O–H groups in total. The van der Waals surface area contributed by atoms with Gasteiger partial charge in [-0.15, -0.1) is 5.10 Å². The second kappa shape index (κ2) is 9.04. The lowest BCUT2D eigenvalue weighted by Gasteiger charge is -2.28. The molecule has 1 aliphatic heterocycles. The molecule has 0 amide bonds. The highest BCUT2D eigenvalue weighted by Gasteiger charge is 2.34. The Balaban J connectivity index is 1.37. The maximum absolute atomic E-state index is 6.48. The van der Waals surface area contributed by atoms with Crippen LogP contribution in [0.1, 0.15) is 28.4 Å². The minimum atomic E-state index is -0.172. The summed E-state index contributed by atoms with van der Waals surface area (Å²) < 4.78 is 19.5. The average Bonchev–Trinajstić information content (AvgIpc) is 3.39. The highest BCUT2D eigenvalue weighted by molar-refractivity contribution is 6.30. The number of fused-ring (bicyclic) bond motifs is 6. The quantitative estimate of drug-likeness (QED) is 0.248. The summed E-state index contributed by atoms with van der Waals surface area (Å²) in [5.74, 6) is 3.16. The zero-order valence-electron chi connectivity index (χ0n) is 20.3. The Bertz CT molecular complexity index is 1800. The molecule has 7 nitrogen and oxygen atoms in total. The van der Waals surface area contributed by atoms with E-state index in [1.165, 1.54) is 0 Å². The van der Waals surface area contributed by atoms with Crippen LogP contribution >= 0.6 is 11.6 Å². The molecule has 2 aromatic heterocycles. The van der Waals surface area contributed by atoms with Crippen molar-refractivity contribution in [2.24, 2.45) is 0 Å². The van der Waals surface area contributed by atoms with Crippen molar-refractivity contribution in [3.63, 3.8) is 0 Å². The van der Waals surface area contributed by atoms with Crippen LogP contribution in [0.15, 0.2) is 91.3 Å². The van der Waals surface area contributed by atoms with E-state index in [4.69, 9.17) is 30.8 Å². The molecule has 0 bridgehead atoms. The number of benzene rings is 4. The van der Waals surface area contributed by atoms with E-state index in [0.29, 0.717) is 28.1 Å². The van der Waals surface area contributed by atoms with Crippen LogP contribution in [0, 0.1) is 0 Å². The predicted molar refractivity (Wildman–Crippen MR) is 145 cm³/mol. The van der Waals surface area contributed by atoms with Crippen molar-refractivity contribution in [3.05, 3.63) is 119 Å². The van der Waals surface area contributed by atoms with E-state index in [1.54, 1.807) is 30.1 Å². The molecule has 1 atom stereocenters. The molecule has 186 valence electrons. The van der Waals surface area contributed by atoms with Gasteiger partial charge in [-0.2, -0.15) is 0 Å². The molecule has 7 rings (SSSR count). The van der Waals surface area contributed by atoms with Crippen LogP contribution in [-0.4, -0.2) is 26.7 Å². The molecule has 3 heterocycles. The van der Waals surface area contributed by atoms with Crippen LogP contribution in [0.3, 0.4) is 0 Å². The predicted octanol–water partition coefficient (Wildman–Crippen LogP) is 6.80. The number of ether oxygens (including phenoxy) is 3. The minimum Gasteiger partial charge on any atom is -0.497 e. The molecule has 8 heteroatoms. The van der Waals surface area contributed by atoms with Crippen LogP contribution < -0.4 is 14.2 Å². The standard InChI is InChI=1S/C30H21ClN4O3/c1-36-21-11-6-19(7-12-21)26-24-15-8-18-4-2-3-5-23(18)28(24)38-30-27(26)29-33-25(34-35(29)17-32-30)16-37-22-13-9-20(31)10-14-22/h2-15,17,26H,16H2,1H3/t26-/m1/s1. The van der Waals surface area contributed by atoms with Gasteiger partial charge in [0.15, 0.2) is 11.5 Å². The molecular weight excluding hydrogens is 500 g/mol. The number of hydrogen-bond donors (Lipinski definition) is 0. The highest BCUT2D eigenvalue weighted by atomic mass is 35.5. The Morgan fingerprint density at radius 3 is 2.53 bits per heavy atom. The van der Waals surface area contributed by atoms with Crippen molar-refractivity contribution < 1.29 is 14.2 Å². The van der Waals surface area contributed by atoms with E-state index in [1.807, 2.05) is 36.4 Å². The van der Waals surface area contributed by atoms with Crippen LogP contribution in [0.25, 0.3) is 16.4 Å². The Hall–Kier alpha value is -4.62. The second-order valence-corrected chi connectivity index (χ2v) is 9.45. The van der Waals surface area contributed by atoms with Gasteiger partial charge in [0.1, 0.15) is 30.2 Å². The Morgan fingerprint density at radius 1 is 0.921 bits per heavy atom. The zero-order chi connectivity index (χ0) is 25.6. The summed E-state index contributed by atoms with van der Waals surface area (Å²) in [7, 11) is 1.66. The summed E-state index contributed by atoms with van der Waals surface area (Å²) in [6.45, 7) is 0.202. The van der Waals surface area contributed by atoms with Gasteiger partial charge in [-0.25, -0.2) is 14.5 Å². The number of methoxy groups -OCH3 is 1. The Morgan fingerprint density at radius 2 is 1.71 bits per heavy atom. The van der Waals surface area contributed by atoms with Crippen molar-refractivity contribution in [2.45, 2.75) is 12.5 Å². The molecule has 1 aliphatic rings. The van der Waals surface area contributed by atoms with E-state index in [0.717, 1.165) is 39.0 Å². The topological polar surface area (TPSA) is 70.8 Å². The van der Waals surface area contributed by atoms with Crippen molar-refractivity contribution in [1.82, 2.24) is 19.6 Å². The van der Waals surface area contributed by atoms with Crippen LogP contribution in [0.2, 0.25) is 5.02 Å². The zero-order valence-corrected chi connectivity index (χ0v) is 21.1. The van der Waals surface area contributed by atoms with Crippen molar-refractivity contribution in [1.29, 1.82) is 0 Å². The molecule has 4 aromatic carbocycles. The van der Waals surface area contributed by atoms with Gasteiger partial charge in [0, 0.05) is 21.9 Å². The van der Waals surface area contributed by atoms with Gasteiger partial charge in [-0.3, -0.25) is 0 Å².